The Bertz CT molecular complexity index is 545. The molecule has 0 unspecified atom stereocenters. The first-order chi connectivity index (χ1) is 11.9. The van der Waals surface area contributed by atoms with Gasteiger partial charge >= 0.3 is 7.82 Å². The zero-order chi connectivity index (χ0) is 18.7. The van der Waals surface area contributed by atoms with Crippen molar-refractivity contribution in [3.8, 4) is 0 Å². The van der Waals surface area contributed by atoms with Gasteiger partial charge in [-0.15, -0.1) is 0 Å². The average molecular weight is 375 g/mol. The number of aliphatic hydroxyl groups is 1. The summed E-state index contributed by atoms with van der Waals surface area (Å²) in [5.41, 5.74) is 0.838. The Morgan fingerprint density at radius 1 is 1.20 bits per heavy atom. The predicted octanol–water partition coefficient (Wildman–Crippen LogP) is 2.22. The first kappa shape index (κ1) is 21.8. The third-order valence-electron chi connectivity index (χ3n) is 2.94. The normalized spacial score (nSPS) is 14.1. The van der Waals surface area contributed by atoms with Crippen LogP contribution in [0.25, 0.3) is 0 Å². The first-order valence-corrected chi connectivity index (χ1v) is 9.51. The Kier molecular flexibility index (Phi) is 9.89. The summed E-state index contributed by atoms with van der Waals surface area (Å²) in [4.78, 5) is 11.0. The number of benzene rings is 1. The molecule has 0 bridgehead atoms. The Labute approximate surface area is 148 Å². The van der Waals surface area contributed by atoms with Gasteiger partial charge in [0.1, 0.15) is 6.10 Å². The molecule has 0 radical (unpaired) electrons. The third-order valence-corrected chi connectivity index (χ3v) is 4.55. The van der Waals surface area contributed by atoms with E-state index >= 15 is 0 Å². The van der Waals surface area contributed by atoms with Crippen LogP contribution in [0.15, 0.2) is 30.3 Å². The van der Waals surface area contributed by atoms with E-state index in [4.69, 9.17) is 18.3 Å². The maximum atomic E-state index is 12.5. The first-order valence-electron chi connectivity index (χ1n) is 8.05. The molecule has 0 saturated carbocycles. The summed E-state index contributed by atoms with van der Waals surface area (Å²) in [5.74, 6) is -0.321. The fraction of sp³-hybridized carbons (Fsp3) is 0.562. The van der Waals surface area contributed by atoms with E-state index in [0.717, 1.165) is 5.56 Å². The Balaban J connectivity index is 2.81. The zero-order valence-electron chi connectivity index (χ0n) is 14.7. The van der Waals surface area contributed by atoms with E-state index in [1.807, 2.05) is 30.3 Å². The van der Waals surface area contributed by atoms with Crippen molar-refractivity contribution in [3.05, 3.63) is 35.9 Å². The predicted molar refractivity (Wildman–Crippen MR) is 91.7 cm³/mol. The van der Waals surface area contributed by atoms with Crippen LogP contribution in [-0.4, -0.2) is 43.2 Å². The van der Waals surface area contributed by atoms with E-state index in [2.05, 4.69) is 5.32 Å². The van der Waals surface area contributed by atoms with Crippen molar-refractivity contribution in [2.75, 3.05) is 19.8 Å². The van der Waals surface area contributed by atoms with Crippen LogP contribution in [0.1, 0.15) is 26.3 Å². The van der Waals surface area contributed by atoms with Gasteiger partial charge in [0.25, 0.3) is 0 Å². The molecule has 0 heterocycles. The fourth-order valence-corrected chi connectivity index (χ4v) is 3.14. The lowest BCUT2D eigenvalue weighted by molar-refractivity contribution is -0.162. The molecule has 0 aliphatic rings. The molecule has 0 spiro atoms. The van der Waals surface area contributed by atoms with Crippen LogP contribution in [0, 0.1) is 0 Å². The molecular formula is C16H26NO7P. The molecule has 0 aliphatic heterocycles. The van der Waals surface area contributed by atoms with Gasteiger partial charge in [0, 0.05) is 13.5 Å². The van der Waals surface area contributed by atoms with Gasteiger partial charge in [-0.05, 0) is 19.4 Å². The highest BCUT2D eigenvalue weighted by Crippen LogP contribution is 2.50. The second-order valence-electron chi connectivity index (χ2n) is 5.06. The Morgan fingerprint density at radius 2 is 1.80 bits per heavy atom. The Hall–Kier alpha value is -1.28. The van der Waals surface area contributed by atoms with E-state index in [1.54, 1.807) is 13.8 Å². The van der Waals surface area contributed by atoms with Gasteiger partial charge in [0.15, 0.2) is 6.29 Å². The maximum Gasteiger partial charge on any atom is 0.477 e. The molecule has 2 N–H and O–H groups in total. The Morgan fingerprint density at radius 3 is 2.32 bits per heavy atom. The second-order valence-corrected chi connectivity index (χ2v) is 6.68. The van der Waals surface area contributed by atoms with Crippen molar-refractivity contribution >= 4 is 13.7 Å². The number of carbonyl (C=O) groups excluding carboxylic acids is 1. The standard InChI is InChI=1S/C16H26NO7P/c1-4-22-25(20,23-5-2)24-16(15(19)11-17-13(3)18)21-12-14-9-7-6-8-10-14/h6-10,15-16,19H,4-5,11-12H2,1-3H3,(H,17,18)/t15-,16-/m1/s1. The van der Waals surface area contributed by atoms with E-state index in [9.17, 15) is 14.5 Å². The number of phosphoric ester groups is 1. The van der Waals surface area contributed by atoms with Gasteiger partial charge in [-0.3, -0.25) is 18.4 Å². The van der Waals surface area contributed by atoms with E-state index < -0.39 is 20.2 Å². The number of nitrogens with one attached hydrogen (secondary N) is 1. The molecule has 1 rings (SSSR count). The van der Waals surface area contributed by atoms with Crippen LogP contribution in [0.2, 0.25) is 0 Å². The second kappa shape index (κ2) is 11.4. The van der Waals surface area contributed by atoms with Crippen LogP contribution in [-0.2, 0) is 34.3 Å². The van der Waals surface area contributed by atoms with Crippen molar-refractivity contribution in [1.29, 1.82) is 0 Å². The van der Waals surface area contributed by atoms with Gasteiger partial charge < -0.3 is 15.2 Å². The topological polar surface area (TPSA) is 103 Å². The van der Waals surface area contributed by atoms with Crippen LogP contribution in [0.3, 0.4) is 0 Å². The van der Waals surface area contributed by atoms with E-state index in [0.29, 0.717) is 0 Å². The summed E-state index contributed by atoms with van der Waals surface area (Å²) >= 11 is 0. The molecule has 1 amide bonds. The van der Waals surface area contributed by atoms with Gasteiger partial charge in [-0.1, -0.05) is 30.3 Å². The third kappa shape index (κ3) is 8.58. The summed E-state index contributed by atoms with van der Waals surface area (Å²) in [5, 5.41) is 12.7. The van der Waals surface area contributed by atoms with Crippen LogP contribution in [0.5, 0.6) is 0 Å². The minimum Gasteiger partial charge on any atom is -0.386 e. The van der Waals surface area contributed by atoms with E-state index in [1.165, 1.54) is 6.92 Å². The van der Waals surface area contributed by atoms with Gasteiger partial charge in [0.2, 0.25) is 5.91 Å². The van der Waals surface area contributed by atoms with Gasteiger partial charge in [-0.25, -0.2) is 4.57 Å². The quantitative estimate of drug-likeness (QED) is 0.426. The molecule has 0 saturated heterocycles. The minimum atomic E-state index is -3.90. The van der Waals surface area contributed by atoms with Crippen LogP contribution < -0.4 is 5.32 Å². The number of aliphatic hydroxyl groups excluding tert-OH is 1. The monoisotopic (exact) mass is 375 g/mol. The number of ether oxygens (including phenoxy) is 1. The van der Waals surface area contributed by atoms with Crippen molar-refractivity contribution in [2.45, 2.75) is 39.8 Å². The molecule has 8 nitrogen and oxygen atoms in total. The summed E-state index contributed by atoms with van der Waals surface area (Å²) < 4.78 is 33.5. The van der Waals surface area contributed by atoms with Gasteiger partial charge in [-0.2, -0.15) is 0 Å². The SMILES string of the molecule is CCOP(=O)(OCC)O[C@@H](OCc1ccccc1)[C@H](O)CNC(C)=O. The number of hydrogen-bond acceptors (Lipinski definition) is 7. The lowest BCUT2D eigenvalue weighted by Crippen LogP contribution is -2.40. The minimum absolute atomic E-state index is 0.102. The number of amides is 1. The average Bonchev–Trinajstić information content (AvgIpc) is 2.57. The molecule has 2 atom stereocenters. The van der Waals surface area contributed by atoms with Crippen LogP contribution in [0.4, 0.5) is 0 Å². The van der Waals surface area contributed by atoms with Crippen molar-refractivity contribution in [1.82, 2.24) is 5.32 Å². The van der Waals surface area contributed by atoms with Crippen molar-refractivity contribution < 1.29 is 32.8 Å². The van der Waals surface area contributed by atoms with Crippen LogP contribution >= 0.6 is 7.82 Å². The number of rotatable bonds is 12. The fourth-order valence-electron chi connectivity index (χ4n) is 1.85. The molecule has 1 aromatic carbocycles. The summed E-state index contributed by atoms with van der Waals surface area (Å²) in [6, 6.07) is 9.21. The largest absolute Gasteiger partial charge is 0.477 e. The molecule has 1 aromatic rings. The van der Waals surface area contributed by atoms with E-state index in [-0.39, 0.29) is 32.3 Å². The van der Waals surface area contributed by atoms with Crippen molar-refractivity contribution in [2.24, 2.45) is 0 Å². The number of phosphoric acid groups is 1. The lowest BCUT2D eigenvalue weighted by Gasteiger charge is -2.27. The molecule has 0 fully saturated rings. The zero-order valence-corrected chi connectivity index (χ0v) is 15.6. The smallest absolute Gasteiger partial charge is 0.386 e. The number of hydrogen-bond donors (Lipinski definition) is 2. The molecule has 142 valence electrons. The highest BCUT2D eigenvalue weighted by Gasteiger charge is 2.34. The summed E-state index contributed by atoms with van der Waals surface area (Å²) in [6.07, 6.45) is -2.57. The highest BCUT2D eigenvalue weighted by molar-refractivity contribution is 7.48. The molecule has 9 heteroatoms. The van der Waals surface area contributed by atoms with Crippen molar-refractivity contribution in [3.63, 3.8) is 0 Å². The molecule has 0 aromatic heterocycles. The lowest BCUT2D eigenvalue weighted by atomic mass is 10.2. The molecule has 25 heavy (non-hydrogen) atoms. The maximum absolute atomic E-state index is 12.5. The molecule has 0 aliphatic carbocycles. The summed E-state index contributed by atoms with van der Waals surface area (Å²) in [6.45, 7) is 4.78. The van der Waals surface area contributed by atoms with Gasteiger partial charge in [0.05, 0.1) is 19.8 Å². The highest BCUT2D eigenvalue weighted by atomic mass is 31.2. The summed E-state index contributed by atoms with van der Waals surface area (Å²) in [7, 11) is -3.90. The number of carbonyl (C=O) groups is 1. The molecular weight excluding hydrogens is 349 g/mol.